The Balaban J connectivity index is 2.21. The van der Waals surface area contributed by atoms with E-state index in [0.29, 0.717) is 35.7 Å². The average molecular weight is 407 g/mol. The van der Waals surface area contributed by atoms with Crippen molar-refractivity contribution in [3.8, 4) is 0 Å². The third kappa shape index (κ3) is 4.42. The van der Waals surface area contributed by atoms with Crippen molar-refractivity contribution in [1.29, 1.82) is 0 Å². The molecule has 0 aliphatic heterocycles. The van der Waals surface area contributed by atoms with Gasteiger partial charge in [0, 0.05) is 18.7 Å². The Morgan fingerprint density at radius 2 is 1.61 bits per heavy atom. The number of hydrazine groups is 1. The van der Waals surface area contributed by atoms with E-state index in [-0.39, 0.29) is 10.5 Å². The number of hydrogen-bond acceptors (Lipinski definition) is 5. The molecule has 0 spiro atoms. The van der Waals surface area contributed by atoms with Crippen LogP contribution in [0.3, 0.4) is 0 Å². The first-order valence-corrected chi connectivity index (χ1v) is 10.3. The van der Waals surface area contributed by atoms with Crippen molar-refractivity contribution in [3.05, 3.63) is 52.5 Å². The molecule has 2 N–H and O–H groups in total. The second-order valence-electron chi connectivity index (χ2n) is 6.30. The Morgan fingerprint density at radius 1 is 1.00 bits per heavy atom. The third-order valence-electron chi connectivity index (χ3n) is 4.35. The Hall–Kier alpha value is -2.65. The molecule has 1 aromatic carbocycles. The van der Waals surface area contributed by atoms with Crippen molar-refractivity contribution in [3.63, 3.8) is 0 Å². The van der Waals surface area contributed by atoms with Crippen LogP contribution in [0.2, 0.25) is 0 Å². The molecule has 0 unspecified atom stereocenters. The van der Waals surface area contributed by atoms with Crippen LogP contribution < -0.4 is 10.9 Å². The third-order valence-corrected chi connectivity index (χ3v) is 6.54. The second kappa shape index (κ2) is 8.57. The molecule has 0 fully saturated rings. The number of sulfonamides is 1. The minimum absolute atomic E-state index is 0.0662. The molecule has 0 saturated carbocycles. The SMILES string of the molecule is CCN(CC)S(=O)(=O)c1cc(C(=O)NNC(=O)c2cc(C)oc2C)ccc1C. The number of hydrogen-bond donors (Lipinski definition) is 2. The molecular weight excluding hydrogens is 382 g/mol. The van der Waals surface area contributed by atoms with E-state index in [1.54, 1.807) is 46.8 Å². The maximum atomic E-state index is 12.8. The van der Waals surface area contributed by atoms with Crippen LogP contribution in [-0.4, -0.2) is 37.6 Å². The van der Waals surface area contributed by atoms with Crippen LogP contribution in [0.1, 0.15) is 51.6 Å². The van der Waals surface area contributed by atoms with Gasteiger partial charge in [-0.3, -0.25) is 20.4 Å². The first-order valence-electron chi connectivity index (χ1n) is 8.90. The van der Waals surface area contributed by atoms with E-state index in [1.165, 1.54) is 16.4 Å². The Kier molecular flexibility index (Phi) is 6.63. The van der Waals surface area contributed by atoms with E-state index in [0.717, 1.165) is 0 Å². The Bertz CT molecular complexity index is 991. The summed E-state index contributed by atoms with van der Waals surface area (Å²) in [7, 11) is -3.71. The molecule has 2 aromatic rings. The summed E-state index contributed by atoms with van der Waals surface area (Å²) in [4.78, 5) is 24.7. The van der Waals surface area contributed by atoms with Gasteiger partial charge in [-0.15, -0.1) is 0 Å². The summed E-state index contributed by atoms with van der Waals surface area (Å²) in [6.45, 7) is 9.19. The van der Waals surface area contributed by atoms with Crippen molar-refractivity contribution < 1.29 is 22.4 Å². The lowest BCUT2D eigenvalue weighted by Crippen LogP contribution is -2.41. The van der Waals surface area contributed by atoms with Gasteiger partial charge in [-0.2, -0.15) is 4.31 Å². The van der Waals surface area contributed by atoms with E-state index in [2.05, 4.69) is 10.9 Å². The minimum Gasteiger partial charge on any atom is -0.466 e. The van der Waals surface area contributed by atoms with Crippen molar-refractivity contribution in [2.24, 2.45) is 0 Å². The lowest BCUT2D eigenvalue weighted by atomic mass is 10.1. The summed E-state index contributed by atoms with van der Waals surface area (Å²) in [6.07, 6.45) is 0. The molecule has 0 bridgehead atoms. The highest BCUT2D eigenvalue weighted by molar-refractivity contribution is 7.89. The average Bonchev–Trinajstić information content (AvgIpc) is 2.98. The maximum Gasteiger partial charge on any atom is 0.273 e. The van der Waals surface area contributed by atoms with Crippen LogP contribution in [0.15, 0.2) is 33.6 Å². The van der Waals surface area contributed by atoms with Crippen molar-refractivity contribution in [2.45, 2.75) is 39.5 Å². The smallest absolute Gasteiger partial charge is 0.273 e. The quantitative estimate of drug-likeness (QED) is 0.714. The normalized spacial score (nSPS) is 11.5. The number of nitrogens with zero attached hydrogens (tertiary/aromatic N) is 1. The molecule has 1 aromatic heterocycles. The van der Waals surface area contributed by atoms with Crippen LogP contribution in [0.5, 0.6) is 0 Å². The molecule has 2 amide bonds. The number of furan rings is 1. The summed E-state index contributed by atoms with van der Waals surface area (Å²) < 4.78 is 32.2. The van der Waals surface area contributed by atoms with Gasteiger partial charge in [-0.25, -0.2) is 8.42 Å². The lowest BCUT2D eigenvalue weighted by molar-refractivity contribution is 0.0845. The molecule has 2 rings (SSSR count). The number of benzene rings is 1. The van der Waals surface area contributed by atoms with Crippen molar-refractivity contribution >= 4 is 21.8 Å². The van der Waals surface area contributed by atoms with Crippen LogP contribution in [0, 0.1) is 20.8 Å². The standard InChI is InChI=1S/C19H25N3O5S/c1-6-22(7-2)28(25,26)17-11-15(9-8-12(17)3)18(23)20-21-19(24)16-10-13(4)27-14(16)5/h8-11H,6-7H2,1-5H3,(H,20,23)(H,21,24). The molecular formula is C19H25N3O5S. The first-order chi connectivity index (χ1) is 13.1. The van der Waals surface area contributed by atoms with Crippen LogP contribution in [0.4, 0.5) is 0 Å². The van der Waals surface area contributed by atoms with Crippen LogP contribution in [-0.2, 0) is 10.0 Å². The molecule has 8 nitrogen and oxygen atoms in total. The summed E-state index contributed by atoms with van der Waals surface area (Å²) in [5.41, 5.74) is 5.58. The minimum atomic E-state index is -3.71. The number of rotatable bonds is 6. The molecule has 9 heteroatoms. The number of carbonyl (C=O) groups excluding carboxylic acids is 2. The summed E-state index contributed by atoms with van der Waals surface area (Å²) in [6, 6.07) is 5.96. The number of carbonyl (C=O) groups is 2. The van der Waals surface area contributed by atoms with E-state index in [1.807, 2.05) is 0 Å². The van der Waals surface area contributed by atoms with Gasteiger partial charge in [0.05, 0.1) is 10.5 Å². The second-order valence-corrected chi connectivity index (χ2v) is 8.21. The van der Waals surface area contributed by atoms with Crippen LogP contribution in [0.25, 0.3) is 0 Å². The Labute approximate surface area is 164 Å². The van der Waals surface area contributed by atoms with E-state index in [9.17, 15) is 18.0 Å². The van der Waals surface area contributed by atoms with Crippen LogP contribution >= 0.6 is 0 Å². The highest BCUT2D eigenvalue weighted by Crippen LogP contribution is 2.21. The maximum absolute atomic E-state index is 12.8. The van der Waals surface area contributed by atoms with Gasteiger partial charge in [-0.1, -0.05) is 19.9 Å². The lowest BCUT2D eigenvalue weighted by Gasteiger charge is -2.20. The molecule has 0 saturated heterocycles. The van der Waals surface area contributed by atoms with Gasteiger partial charge >= 0.3 is 0 Å². The van der Waals surface area contributed by atoms with Crippen molar-refractivity contribution in [1.82, 2.24) is 15.2 Å². The van der Waals surface area contributed by atoms with E-state index in [4.69, 9.17) is 4.42 Å². The number of aryl methyl sites for hydroxylation is 3. The predicted octanol–water partition coefficient (Wildman–Crippen LogP) is 2.31. The first kappa shape index (κ1) is 21.6. The summed E-state index contributed by atoms with van der Waals surface area (Å²) in [5.74, 6) is -0.126. The zero-order chi connectivity index (χ0) is 21.1. The molecule has 28 heavy (non-hydrogen) atoms. The van der Waals surface area contributed by atoms with Gasteiger partial charge < -0.3 is 4.42 Å². The molecule has 0 atom stereocenters. The zero-order valence-electron chi connectivity index (χ0n) is 16.6. The van der Waals surface area contributed by atoms with Gasteiger partial charge in [-0.05, 0) is 44.5 Å². The molecule has 1 heterocycles. The van der Waals surface area contributed by atoms with E-state index < -0.39 is 21.8 Å². The van der Waals surface area contributed by atoms with Gasteiger partial charge in [0.15, 0.2) is 0 Å². The molecule has 0 aliphatic carbocycles. The number of amides is 2. The molecule has 152 valence electrons. The largest absolute Gasteiger partial charge is 0.466 e. The van der Waals surface area contributed by atoms with Gasteiger partial charge in [0.25, 0.3) is 11.8 Å². The van der Waals surface area contributed by atoms with Crippen molar-refractivity contribution in [2.75, 3.05) is 13.1 Å². The fourth-order valence-corrected chi connectivity index (χ4v) is 4.54. The highest BCUT2D eigenvalue weighted by Gasteiger charge is 2.25. The highest BCUT2D eigenvalue weighted by atomic mass is 32.2. The fourth-order valence-electron chi connectivity index (χ4n) is 2.83. The summed E-state index contributed by atoms with van der Waals surface area (Å²) in [5, 5.41) is 0. The zero-order valence-corrected chi connectivity index (χ0v) is 17.4. The number of nitrogens with one attached hydrogen (secondary N) is 2. The topological polar surface area (TPSA) is 109 Å². The van der Waals surface area contributed by atoms with Gasteiger partial charge in [0.2, 0.25) is 10.0 Å². The fraction of sp³-hybridized carbons (Fsp3) is 0.368. The monoisotopic (exact) mass is 407 g/mol. The molecule has 0 aliphatic rings. The molecule has 0 radical (unpaired) electrons. The summed E-state index contributed by atoms with van der Waals surface area (Å²) >= 11 is 0. The Morgan fingerprint density at radius 3 is 2.14 bits per heavy atom. The predicted molar refractivity (Wildman–Crippen MR) is 104 cm³/mol. The van der Waals surface area contributed by atoms with Gasteiger partial charge in [0.1, 0.15) is 11.5 Å². The van der Waals surface area contributed by atoms with E-state index >= 15 is 0 Å².